The Morgan fingerprint density at radius 3 is 2.03 bits per heavy atom. The van der Waals surface area contributed by atoms with Gasteiger partial charge in [0, 0.05) is 0 Å². The summed E-state index contributed by atoms with van der Waals surface area (Å²) >= 11 is 0. The number of hydrogen-bond acceptors (Lipinski definition) is 5. The zero-order chi connectivity index (χ0) is 25.9. The van der Waals surface area contributed by atoms with E-state index in [1.54, 1.807) is 6.92 Å². The Morgan fingerprint density at radius 2 is 1.44 bits per heavy atom. The minimum atomic E-state index is -0.634. The van der Waals surface area contributed by atoms with Crippen molar-refractivity contribution in [2.45, 2.75) is 77.6 Å². The molecule has 1 aliphatic rings. The van der Waals surface area contributed by atoms with Crippen LogP contribution in [0.5, 0.6) is 5.75 Å². The molecule has 3 rings (SSSR count). The van der Waals surface area contributed by atoms with Crippen molar-refractivity contribution in [2.75, 3.05) is 6.61 Å². The van der Waals surface area contributed by atoms with Crippen LogP contribution in [0.15, 0.2) is 60.7 Å². The monoisotopic (exact) mass is 490 g/mol. The first-order valence-corrected chi connectivity index (χ1v) is 13.2. The van der Waals surface area contributed by atoms with Crippen LogP contribution in [0.3, 0.4) is 0 Å². The number of rotatable bonds is 12. The van der Waals surface area contributed by atoms with Gasteiger partial charge in [-0.2, -0.15) is 0 Å². The van der Waals surface area contributed by atoms with Gasteiger partial charge >= 0.3 is 11.9 Å². The minimum absolute atomic E-state index is 0.251. The normalized spacial score (nSPS) is 17.3. The molecule has 5 nitrogen and oxygen atoms in total. The number of Topliss-reactive ketones (excluding diaryl/α,β-unsaturated/α-hetero) is 1. The molecule has 0 aromatic heterocycles. The molecule has 0 aliphatic heterocycles. The van der Waals surface area contributed by atoms with Crippen molar-refractivity contribution in [1.82, 2.24) is 0 Å². The first-order chi connectivity index (χ1) is 17.4. The highest BCUT2D eigenvalue weighted by Gasteiger charge is 2.22. The van der Waals surface area contributed by atoms with Gasteiger partial charge in [-0.25, -0.2) is 9.59 Å². The van der Waals surface area contributed by atoms with E-state index in [0.29, 0.717) is 22.8 Å². The SMILES string of the molecule is C=C(C)C(=O)COC(=O)c1ccc(C(=O)Oc2ccc(C3CCC(CCCCCC)CC3)cc2)cc1. The fraction of sp³-hybridized carbons (Fsp3) is 0.452. The van der Waals surface area contributed by atoms with Crippen LogP contribution in [0.4, 0.5) is 0 Å². The van der Waals surface area contributed by atoms with Crippen LogP contribution < -0.4 is 4.74 Å². The van der Waals surface area contributed by atoms with E-state index in [4.69, 9.17) is 9.47 Å². The molecule has 0 amide bonds. The van der Waals surface area contributed by atoms with Crippen molar-refractivity contribution in [1.29, 1.82) is 0 Å². The quantitative estimate of drug-likeness (QED) is 0.134. The van der Waals surface area contributed by atoms with Gasteiger partial charge in [0.25, 0.3) is 0 Å². The zero-order valence-corrected chi connectivity index (χ0v) is 21.6. The lowest BCUT2D eigenvalue weighted by molar-refractivity contribution is -0.118. The van der Waals surface area contributed by atoms with E-state index in [0.717, 1.165) is 5.92 Å². The van der Waals surface area contributed by atoms with Gasteiger partial charge in [-0.15, -0.1) is 0 Å². The van der Waals surface area contributed by atoms with Gasteiger partial charge in [-0.1, -0.05) is 57.7 Å². The topological polar surface area (TPSA) is 69.7 Å². The predicted octanol–water partition coefficient (Wildman–Crippen LogP) is 7.45. The Labute approximate surface area is 214 Å². The molecule has 0 N–H and O–H groups in total. The Kier molecular flexibility index (Phi) is 10.5. The Morgan fingerprint density at radius 1 is 0.833 bits per heavy atom. The fourth-order valence-corrected chi connectivity index (χ4v) is 4.70. The number of carbonyl (C=O) groups excluding carboxylic acids is 3. The van der Waals surface area contributed by atoms with Gasteiger partial charge in [-0.3, -0.25) is 4.79 Å². The molecule has 192 valence electrons. The molecule has 0 spiro atoms. The molecule has 1 fully saturated rings. The summed E-state index contributed by atoms with van der Waals surface area (Å²) in [6.07, 6.45) is 11.8. The van der Waals surface area contributed by atoms with Gasteiger partial charge in [0.2, 0.25) is 0 Å². The summed E-state index contributed by atoms with van der Waals surface area (Å²) < 4.78 is 10.5. The summed E-state index contributed by atoms with van der Waals surface area (Å²) in [5.41, 5.74) is 2.22. The lowest BCUT2D eigenvalue weighted by Crippen LogP contribution is -2.15. The average molecular weight is 491 g/mol. The standard InChI is InChI=1S/C31H38O5/c1-4-5-6-7-8-23-9-11-24(12-10-23)25-17-19-28(20-18-25)36-31(34)27-15-13-26(14-16-27)30(33)35-21-29(32)22(2)3/h13-20,23-24H,2,4-12,21H2,1,3H3. The second-order valence-electron chi connectivity index (χ2n) is 9.88. The lowest BCUT2D eigenvalue weighted by Gasteiger charge is -2.29. The average Bonchev–Trinajstić information content (AvgIpc) is 2.90. The van der Waals surface area contributed by atoms with Crippen LogP contribution in [0.2, 0.25) is 0 Å². The molecular formula is C31H38O5. The van der Waals surface area contributed by atoms with E-state index in [2.05, 4.69) is 25.6 Å². The van der Waals surface area contributed by atoms with Crippen molar-refractivity contribution in [3.63, 3.8) is 0 Å². The van der Waals surface area contributed by atoms with Crippen molar-refractivity contribution < 1.29 is 23.9 Å². The Hall–Kier alpha value is -3.21. The molecular weight excluding hydrogens is 452 g/mol. The zero-order valence-electron chi connectivity index (χ0n) is 21.6. The molecule has 0 heterocycles. The molecule has 0 unspecified atom stereocenters. The highest BCUT2D eigenvalue weighted by Crippen LogP contribution is 2.38. The third-order valence-corrected chi connectivity index (χ3v) is 7.04. The van der Waals surface area contributed by atoms with E-state index in [1.165, 1.54) is 87.6 Å². The second kappa shape index (κ2) is 13.8. The van der Waals surface area contributed by atoms with Crippen LogP contribution in [-0.2, 0) is 9.53 Å². The van der Waals surface area contributed by atoms with Gasteiger partial charge in [-0.05, 0) is 92.0 Å². The van der Waals surface area contributed by atoms with Crippen LogP contribution in [0.25, 0.3) is 0 Å². The van der Waals surface area contributed by atoms with E-state index < -0.39 is 11.9 Å². The van der Waals surface area contributed by atoms with Crippen molar-refractivity contribution >= 4 is 17.7 Å². The predicted molar refractivity (Wildman–Crippen MR) is 141 cm³/mol. The number of esters is 2. The number of ketones is 1. The van der Waals surface area contributed by atoms with Crippen LogP contribution in [0, 0.1) is 5.92 Å². The largest absolute Gasteiger partial charge is 0.454 e. The second-order valence-corrected chi connectivity index (χ2v) is 9.88. The molecule has 5 heteroatoms. The third kappa shape index (κ3) is 8.18. The maximum atomic E-state index is 12.5. The minimum Gasteiger partial charge on any atom is -0.454 e. The van der Waals surface area contributed by atoms with Crippen molar-refractivity contribution in [2.24, 2.45) is 5.92 Å². The van der Waals surface area contributed by atoms with Crippen LogP contribution in [-0.4, -0.2) is 24.3 Å². The summed E-state index contributed by atoms with van der Waals surface area (Å²) in [5.74, 6) is 0.495. The molecule has 1 aliphatic carbocycles. The highest BCUT2D eigenvalue weighted by molar-refractivity contribution is 5.98. The molecule has 0 radical (unpaired) electrons. The van der Waals surface area contributed by atoms with Crippen molar-refractivity contribution in [3.8, 4) is 5.75 Å². The summed E-state index contributed by atoms with van der Waals surface area (Å²) in [7, 11) is 0. The van der Waals surface area contributed by atoms with Crippen LogP contribution >= 0.6 is 0 Å². The van der Waals surface area contributed by atoms with Crippen LogP contribution in [0.1, 0.15) is 104 Å². The lowest BCUT2D eigenvalue weighted by atomic mass is 9.77. The van der Waals surface area contributed by atoms with Gasteiger partial charge in [0.05, 0.1) is 11.1 Å². The van der Waals surface area contributed by atoms with E-state index in [9.17, 15) is 14.4 Å². The maximum absolute atomic E-state index is 12.5. The first-order valence-electron chi connectivity index (χ1n) is 13.2. The maximum Gasteiger partial charge on any atom is 0.343 e. The number of carbonyl (C=O) groups is 3. The summed E-state index contributed by atoms with van der Waals surface area (Å²) in [5, 5.41) is 0. The van der Waals surface area contributed by atoms with E-state index in [1.807, 2.05) is 12.1 Å². The number of benzene rings is 2. The van der Waals surface area contributed by atoms with E-state index in [-0.39, 0.29) is 18.0 Å². The molecule has 1 saturated carbocycles. The van der Waals surface area contributed by atoms with Gasteiger partial charge in [0.1, 0.15) is 5.75 Å². The van der Waals surface area contributed by atoms with Crippen molar-refractivity contribution in [3.05, 3.63) is 77.4 Å². The van der Waals surface area contributed by atoms with E-state index >= 15 is 0 Å². The molecule has 0 atom stereocenters. The summed E-state index contributed by atoms with van der Waals surface area (Å²) in [6.45, 7) is 6.99. The third-order valence-electron chi connectivity index (χ3n) is 7.04. The Bertz CT molecular complexity index is 1030. The summed E-state index contributed by atoms with van der Waals surface area (Å²) in [4.78, 5) is 36.2. The Balaban J connectivity index is 1.46. The number of ether oxygens (including phenoxy) is 2. The molecule has 0 bridgehead atoms. The molecule has 2 aromatic carbocycles. The molecule has 2 aromatic rings. The fourth-order valence-electron chi connectivity index (χ4n) is 4.70. The molecule has 0 saturated heterocycles. The van der Waals surface area contributed by atoms with Gasteiger partial charge < -0.3 is 9.47 Å². The number of unbranched alkanes of at least 4 members (excludes halogenated alkanes) is 3. The molecule has 36 heavy (non-hydrogen) atoms. The first kappa shape index (κ1) is 27.4. The number of hydrogen-bond donors (Lipinski definition) is 0. The van der Waals surface area contributed by atoms with Gasteiger partial charge in [0.15, 0.2) is 12.4 Å². The highest BCUT2D eigenvalue weighted by atomic mass is 16.5. The smallest absolute Gasteiger partial charge is 0.343 e. The summed E-state index contributed by atoms with van der Waals surface area (Å²) in [6, 6.07) is 13.8.